The van der Waals surface area contributed by atoms with E-state index in [0.717, 1.165) is 9.18 Å². The lowest BCUT2D eigenvalue weighted by Crippen LogP contribution is -2.43. The molecule has 3 rings (SSSR count). The standard InChI is InChI=1S/C11H11N3O4S2/c15-11(16)10-7-2-4-19-8(7)1-3-14(10)20(17,18)9-5-12-6-13-9/h2,4-6,10H,1,3H2,(H,12,13)(H,15,16). The number of fused-ring (bicyclic) bond motifs is 1. The number of carboxylic acid groups (broad SMARTS) is 1. The second-order valence-corrected chi connectivity index (χ2v) is 7.18. The molecule has 106 valence electrons. The van der Waals surface area contributed by atoms with Gasteiger partial charge in [-0.1, -0.05) is 0 Å². The third-order valence-electron chi connectivity index (χ3n) is 3.22. The third-order valence-corrected chi connectivity index (χ3v) is 6.00. The highest BCUT2D eigenvalue weighted by Crippen LogP contribution is 2.36. The molecule has 0 saturated carbocycles. The lowest BCUT2D eigenvalue weighted by atomic mass is 10.0. The van der Waals surface area contributed by atoms with Crippen LogP contribution in [0.1, 0.15) is 16.5 Å². The van der Waals surface area contributed by atoms with Gasteiger partial charge in [0.25, 0.3) is 10.0 Å². The molecule has 0 saturated heterocycles. The molecule has 1 aliphatic heterocycles. The molecule has 1 atom stereocenters. The van der Waals surface area contributed by atoms with Gasteiger partial charge < -0.3 is 10.1 Å². The van der Waals surface area contributed by atoms with Gasteiger partial charge in [-0.05, 0) is 23.4 Å². The maximum absolute atomic E-state index is 12.5. The number of carboxylic acids is 1. The Kier molecular flexibility index (Phi) is 3.11. The van der Waals surface area contributed by atoms with Crippen LogP contribution in [0, 0.1) is 0 Å². The average molecular weight is 313 g/mol. The largest absolute Gasteiger partial charge is 0.480 e. The number of hydrogen-bond acceptors (Lipinski definition) is 5. The Balaban J connectivity index is 2.09. The maximum atomic E-state index is 12.5. The first-order chi connectivity index (χ1) is 9.51. The zero-order chi connectivity index (χ0) is 14.3. The minimum absolute atomic E-state index is 0.0950. The van der Waals surface area contributed by atoms with Gasteiger partial charge in [0.15, 0.2) is 5.03 Å². The zero-order valence-corrected chi connectivity index (χ0v) is 11.8. The summed E-state index contributed by atoms with van der Waals surface area (Å²) in [5.41, 5.74) is 0.553. The number of sulfonamides is 1. The van der Waals surface area contributed by atoms with E-state index in [-0.39, 0.29) is 11.6 Å². The van der Waals surface area contributed by atoms with Crippen molar-refractivity contribution in [2.45, 2.75) is 17.5 Å². The van der Waals surface area contributed by atoms with Gasteiger partial charge in [0.05, 0.1) is 12.5 Å². The highest BCUT2D eigenvalue weighted by atomic mass is 32.2. The number of hydrogen-bond donors (Lipinski definition) is 2. The lowest BCUT2D eigenvalue weighted by Gasteiger charge is -2.31. The molecule has 0 radical (unpaired) electrons. The highest BCUT2D eigenvalue weighted by Gasteiger charge is 2.41. The number of nitrogens with zero attached hydrogens (tertiary/aromatic N) is 2. The predicted octanol–water partition coefficient (Wildman–Crippen LogP) is 0.844. The molecule has 0 spiro atoms. The highest BCUT2D eigenvalue weighted by molar-refractivity contribution is 7.89. The number of imidazole rings is 1. The topological polar surface area (TPSA) is 103 Å². The van der Waals surface area contributed by atoms with Crippen LogP contribution in [0.15, 0.2) is 29.0 Å². The van der Waals surface area contributed by atoms with Gasteiger partial charge in [-0.15, -0.1) is 11.3 Å². The maximum Gasteiger partial charge on any atom is 0.326 e. The molecule has 0 aromatic carbocycles. The van der Waals surface area contributed by atoms with E-state index in [1.54, 1.807) is 11.4 Å². The SMILES string of the molecule is O=C(O)C1c2ccsc2CCN1S(=O)(=O)c1cnc[nH]1. The van der Waals surface area contributed by atoms with Gasteiger partial charge in [-0.25, -0.2) is 13.4 Å². The van der Waals surface area contributed by atoms with Crippen LogP contribution >= 0.6 is 11.3 Å². The van der Waals surface area contributed by atoms with Gasteiger partial charge in [0, 0.05) is 11.4 Å². The van der Waals surface area contributed by atoms with Crippen LogP contribution in [-0.4, -0.2) is 40.3 Å². The van der Waals surface area contributed by atoms with Crippen LogP contribution in [0.2, 0.25) is 0 Å². The predicted molar refractivity (Wildman–Crippen MR) is 70.9 cm³/mol. The minimum Gasteiger partial charge on any atom is -0.480 e. The van der Waals surface area contributed by atoms with Gasteiger partial charge in [0.2, 0.25) is 0 Å². The second kappa shape index (κ2) is 4.69. The molecule has 0 fully saturated rings. The van der Waals surface area contributed by atoms with Crippen molar-refractivity contribution in [2.75, 3.05) is 6.54 Å². The molecule has 1 unspecified atom stereocenters. The first-order valence-electron chi connectivity index (χ1n) is 5.81. The summed E-state index contributed by atoms with van der Waals surface area (Å²) in [6.45, 7) is 0.145. The smallest absolute Gasteiger partial charge is 0.326 e. The number of aliphatic carboxylic acids is 1. The Bertz CT molecular complexity index is 736. The summed E-state index contributed by atoms with van der Waals surface area (Å²) < 4.78 is 26.0. The zero-order valence-electron chi connectivity index (χ0n) is 10.2. The van der Waals surface area contributed by atoms with Crippen molar-refractivity contribution >= 4 is 27.3 Å². The van der Waals surface area contributed by atoms with Crippen molar-refractivity contribution in [3.05, 3.63) is 34.4 Å². The fourth-order valence-corrected chi connectivity index (χ4v) is 4.68. The average Bonchev–Trinajstić information content (AvgIpc) is 3.08. The van der Waals surface area contributed by atoms with Gasteiger partial charge >= 0.3 is 5.97 Å². The molecule has 20 heavy (non-hydrogen) atoms. The van der Waals surface area contributed by atoms with Crippen LogP contribution in [0.4, 0.5) is 0 Å². The monoisotopic (exact) mass is 313 g/mol. The van der Waals surface area contributed by atoms with Crippen molar-refractivity contribution in [3.63, 3.8) is 0 Å². The van der Waals surface area contributed by atoms with Gasteiger partial charge in [0.1, 0.15) is 6.04 Å². The van der Waals surface area contributed by atoms with Crippen molar-refractivity contribution in [3.8, 4) is 0 Å². The van der Waals surface area contributed by atoms with Crippen LogP contribution in [-0.2, 0) is 21.2 Å². The number of rotatable bonds is 3. The van der Waals surface area contributed by atoms with Crippen LogP contribution < -0.4 is 0 Å². The summed E-state index contributed by atoms with van der Waals surface area (Å²) >= 11 is 1.45. The summed E-state index contributed by atoms with van der Waals surface area (Å²) in [5, 5.41) is 11.1. The first kappa shape index (κ1) is 13.3. The summed E-state index contributed by atoms with van der Waals surface area (Å²) in [6, 6.07) is 0.492. The molecule has 1 aliphatic rings. The molecule has 9 heteroatoms. The van der Waals surface area contributed by atoms with Crippen LogP contribution in [0.25, 0.3) is 0 Å². The number of thiophene rings is 1. The van der Waals surface area contributed by atoms with Gasteiger partial charge in [-0.2, -0.15) is 4.31 Å². The number of H-pyrrole nitrogens is 1. The minimum atomic E-state index is -3.89. The van der Waals surface area contributed by atoms with Crippen LogP contribution in [0.5, 0.6) is 0 Å². The summed E-state index contributed by atoms with van der Waals surface area (Å²) in [4.78, 5) is 18.6. The van der Waals surface area contributed by atoms with Crippen molar-refractivity contribution in [1.82, 2.24) is 14.3 Å². The molecule has 2 aromatic heterocycles. The number of aromatic amines is 1. The van der Waals surface area contributed by atoms with Crippen molar-refractivity contribution < 1.29 is 18.3 Å². The molecule has 0 aliphatic carbocycles. The van der Waals surface area contributed by atoms with Crippen molar-refractivity contribution in [1.29, 1.82) is 0 Å². The Morgan fingerprint density at radius 2 is 2.35 bits per heavy atom. The van der Waals surface area contributed by atoms with E-state index in [2.05, 4.69) is 9.97 Å². The fraction of sp³-hybridized carbons (Fsp3) is 0.273. The van der Waals surface area contributed by atoms with E-state index in [1.807, 2.05) is 0 Å². The Labute approximate surface area is 118 Å². The summed E-state index contributed by atoms with van der Waals surface area (Å²) in [7, 11) is -3.89. The molecule has 7 nitrogen and oxygen atoms in total. The van der Waals surface area contributed by atoms with E-state index in [4.69, 9.17) is 0 Å². The summed E-state index contributed by atoms with van der Waals surface area (Å²) in [6.07, 6.45) is 2.95. The van der Waals surface area contributed by atoms with E-state index in [1.165, 1.54) is 23.9 Å². The second-order valence-electron chi connectivity index (χ2n) is 4.32. The third kappa shape index (κ3) is 1.94. The number of nitrogens with one attached hydrogen (secondary N) is 1. The Hall–Kier alpha value is -1.71. The molecule has 3 heterocycles. The van der Waals surface area contributed by atoms with E-state index in [9.17, 15) is 18.3 Å². The lowest BCUT2D eigenvalue weighted by molar-refractivity contribution is -0.142. The molecule has 0 amide bonds. The first-order valence-corrected chi connectivity index (χ1v) is 8.13. The Morgan fingerprint density at radius 1 is 1.55 bits per heavy atom. The quantitative estimate of drug-likeness (QED) is 0.874. The Morgan fingerprint density at radius 3 is 3.00 bits per heavy atom. The molecular formula is C11H11N3O4S2. The normalized spacial score (nSPS) is 19.7. The van der Waals surface area contributed by atoms with Crippen molar-refractivity contribution in [2.24, 2.45) is 0 Å². The molecular weight excluding hydrogens is 302 g/mol. The number of aromatic nitrogens is 2. The molecule has 2 aromatic rings. The molecule has 0 bridgehead atoms. The van der Waals surface area contributed by atoms with E-state index >= 15 is 0 Å². The molecule has 2 N–H and O–H groups in total. The van der Waals surface area contributed by atoms with E-state index in [0.29, 0.717) is 12.0 Å². The fourth-order valence-electron chi connectivity index (χ4n) is 2.32. The van der Waals surface area contributed by atoms with Crippen LogP contribution in [0.3, 0.4) is 0 Å². The number of carbonyl (C=O) groups is 1. The summed E-state index contributed by atoms with van der Waals surface area (Å²) in [5.74, 6) is -1.17. The van der Waals surface area contributed by atoms with E-state index < -0.39 is 22.0 Å². The van der Waals surface area contributed by atoms with Gasteiger partial charge in [-0.3, -0.25) is 4.79 Å².